The van der Waals surface area contributed by atoms with Crippen LogP contribution >= 0.6 is 15.9 Å². The minimum atomic E-state index is -0.683. The zero-order valence-electron chi connectivity index (χ0n) is 10.6. The van der Waals surface area contributed by atoms with E-state index >= 15 is 0 Å². The van der Waals surface area contributed by atoms with Crippen molar-refractivity contribution >= 4 is 15.9 Å². The lowest BCUT2D eigenvalue weighted by Gasteiger charge is -2.10. The van der Waals surface area contributed by atoms with Crippen molar-refractivity contribution in [1.82, 2.24) is 5.32 Å². The third-order valence-electron chi connectivity index (χ3n) is 2.26. The van der Waals surface area contributed by atoms with E-state index in [4.69, 9.17) is 4.74 Å². The van der Waals surface area contributed by atoms with E-state index in [-0.39, 0.29) is 5.75 Å². The summed E-state index contributed by atoms with van der Waals surface area (Å²) in [6.45, 7) is 6.43. The highest BCUT2D eigenvalue weighted by Gasteiger charge is 2.10. The molecule has 0 amide bonds. The summed E-state index contributed by atoms with van der Waals surface area (Å²) in [6.07, 6.45) is 0.774. The van der Waals surface area contributed by atoms with Crippen LogP contribution in [0, 0.1) is 17.6 Å². The standard InChI is InChI=1S/C13H18BrF2NO/c1-9(2)8-17-4-3-5-18-13-11(14)6-10(15)7-12(13)16/h6-7,9,17H,3-5,8H2,1-2H3. The Hall–Kier alpha value is -0.680. The smallest absolute Gasteiger partial charge is 0.169 e. The second-order valence-corrected chi connectivity index (χ2v) is 5.35. The largest absolute Gasteiger partial charge is 0.489 e. The van der Waals surface area contributed by atoms with E-state index in [0.717, 1.165) is 25.6 Å². The average Bonchev–Trinajstić information content (AvgIpc) is 2.25. The van der Waals surface area contributed by atoms with Crippen molar-refractivity contribution < 1.29 is 13.5 Å². The van der Waals surface area contributed by atoms with Crippen LogP contribution in [0.5, 0.6) is 5.75 Å². The van der Waals surface area contributed by atoms with Crippen LogP contribution in [-0.4, -0.2) is 19.7 Å². The van der Waals surface area contributed by atoms with E-state index in [1.54, 1.807) is 0 Å². The minimum Gasteiger partial charge on any atom is -0.489 e. The maximum atomic E-state index is 13.4. The van der Waals surface area contributed by atoms with E-state index in [1.165, 1.54) is 6.07 Å². The Kier molecular flexibility index (Phi) is 6.57. The monoisotopic (exact) mass is 321 g/mol. The van der Waals surface area contributed by atoms with Crippen LogP contribution in [0.2, 0.25) is 0 Å². The predicted molar refractivity (Wildman–Crippen MR) is 71.9 cm³/mol. The fraction of sp³-hybridized carbons (Fsp3) is 0.538. The summed E-state index contributed by atoms with van der Waals surface area (Å²) in [5.74, 6) is -0.628. The maximum absolute atomic E-state index is 13.4. The van der Waals surface area contributed by atoms with Crippen LogP contribution in [-0.2, 0) is 0 Å². The van der Waals surface area contributed by atoms with Crippen LogP contribution in [0.1, 0.15) is 20.3 Å². The van der Waals surface area contributed by atoms with E-state index in [1.807, 2.05) is 0 Å². The SMILES string of the molecule is CC(C)CNCCCOc1c(F)cc(F)cc1Br. The summed E-state index contributed by atoms with van der Waals surface area (Å²) < 4.78 is 31.8. The topological polar surface area (TPSA) is 21.3 Å². The molecule has 0 bridgehead atoms. The van der Waals surface area contributed by atoms with Gasteiger partial charge in [-0.3, -0.25) is 0 Å². The Balaban J connectivity index is 2.31. The minimum absolute atomic E-state index is 0.0697. The van der Waals surface area contributed by atoms with Gasteiger partial charge in [-0.15, -0.1) is 0 Å². The van der Waals surface area contributed by atoms with Crippen molar-refractivity contribution in [3.05, 3.63) is 28.2 Å². The van der Waals surface area contributed by atoms with Gasteiger partial charge in [-0.05, 0) is 47.4 Å². The van der Waals surface area contributed by atoms with Crippen molar-refractivity contribution in [1.29, 1.82) is 0 Å². The van der Waals surface area contributed by atoms with Gasteiger partial charge >= 0.3 is 0 Å². The van der Waals surface area contributed by atoms with Gasteiger partial charge in [0.25, 0.3) is 0 Å². The molecular formula is C13H18BrF2NO. The molecule has 0 aliphatic heterocycles. The van der Waals surface area contributed by atoms with Crippen LogP contribution in [0.3, 0.4) is 0 Å². The molecule has 2 nitrogen and oxygen atoms in total. The number of nitrogens with one attached hydrogen (secondary N) is 1. The van der Waals surface area contributed by atoms with E-state index < -0.39 is 11.6 Å². The van der Waals surface area contributed by atoms with Crippen molar-refractivity contribution in [3.8, 4) is 5.75 Å². The first-order valence-corrected chi connectivity index (χ1v) is 6.78. The molecule has 1 aromatic rings. The van der Waals surface area contributed by atoms with Gasteiger partial charge in [0.2, 0.25) is 0 Å². The quantitative estimate of drug-likeness (QED) is 0.772. The molecule has 18 heavy (non-hydrogen) atoms. The van der Waals surface area contributed by atoms with Crippen LogP contribution in [0.15, 0.2) is 16.6 Å². The second-order valence-electron chi connectivity index (χ2n) is 4.50. The molecule has 0 heterocycles. The van der Waals surface area contributed by atoms with Crippen LogP contribution < -0.4 is 10.1 Å². The van der Waals surface area contributed by atoms with Gasteiger partial charge in [0.05, 0.1) is 11.1 Å². The van der Waals surface area contributed by atoms with E-state index in [9.17, 15) is 8.78 Å². The van der Waals surface area contributed by atoms with Gasteiger partial charge in [-0.25, -0.2) is 8.78 Å². The first-order valence-electron chi connectivity index (χ1n) is 5.98. The molecule has 1 N–H and O–H groups in total. The number of benzene rings is 1. The Morgan fingerprint density at radius 1 is 1.33 bits per heavy atom. The van der Waals surface area contributed by atoms with Gasteiger partial charge in [-0.1, -0.05) is 13.8 Å². The van der Waals surface area contributed by atoms with Gasteiger partial charge in [0, 0.05) is 6.07 Å². The third-order valence-corrected chi connectivity index (χ3v) is 2.85. The summed E-state index contributed by atoms with van der Waals surface area (Å²) in [7, 11) is 0. The normalized spacial score (nSPS) is 11.0. The molecule has 0 radical (unpaired) electrons. The molecule has 0 unspecified atom stereocenters. The lowest BCUT2D eigenvalue weighted by atomic mass is 10.2. The summed E-state index contributed by atoms with van der Waals surface area (Å²) >= 11 is 3.08. The first-order chi connectivity index (χ1) is 8.50. The van der Waals surface area contributed by atoms with Gasteiger partial charge < -0.3 is 10.1 Å². The fourth-order valence-corrected chi connectivity index (χ4v) is 1.95. The predicted octanol–water partition coefficient (Wildman–Crippen LogP) is 3.74. The van der Waals surface area contributed by atoms with Gasteiger partial charge in [0.15, 0.2) is 11.6 Å². The molecule has 0 spiro atoms. The molecular weight excluding hydrogens is 304 g/mol. The molecule has 0 saturated heterocycles. The molecule has 1 aromatic carbocycles. The Morgan fingerprint density at radius 2 is 2.06 bits per heavy atom. The Morgan fingerprint density at radius 3 is 2.67 bits per heavy atom. The molecule has 0 atom stereocenters. The lowest BCUT2D eigenvalue weighted by molar-refractivity contribution is 0.289. The first kappa shape index (κ1) is 15.4. The Bertz CT molecular complexity index is 362. The molecule has 5 heteroatoms. The molecule has 0 aromatic heterocycles. The second kappa shape index (κ2) is 7.69. The summed E-state index contributed by atoms with van der Waals surface area (Å²) in [5, 5.41) is 3.26. The number of hydrogen-bond acceptors (Lipinski definition) is 2. The summed E-state index contributed by atoms with van der Waals surface area (Å²) in [4.78, 5) is 0. The highest BCUT2D eigenvalue weighted by atomic mass is 79.9. The van der Waals surface area contributed by atoms with E-state index in [2.05, 4.69) is 35.1 Å². The fourth-order valence-electron chi connectivity index (χ4n) is 1.43. The summed E-state index contributed by atoms with van der Waals surface area (Å²) in [6, 6.07) is 2.01. The highest BCUT2D eigenvalue weighted by Crippen LogP contribution is 2.29. The molecule has 0 fully saturated rings. The number of ether oxygens (including phenoxy) is 1. The lowest BCUT2D eigenvalue weighted by Crippen LogP contribution is -2.22. The Labute approximate surface area is 115 Å². The zero-order chi connectivity index (χ0) is 13.5. The van der Waals surface area contributed by atoms with Crippen molar-refractivity contribution in [2.75, 3.05) is 19.7 Å². The highest BCUT2D eigenvalue weighted by molar-refractivity contribution is 9.10. The van der Waals surface area contributed by atoms with Crippen LogP contribution in [0.25, 0.3) is 0 Å². The third kappa shape index (κ3) is 5.31. The van der Waals surface area contributed by atoms with Crippen LogP contribution in [0.4, 0.5) is 8.78 Å². The van der Waals surface area contributed by atoms with Crippen molar-refractivity contribution in [3.63, 3.8) is 0 Å². The zero-order valence-corrected chi connectivity index (χ0v) is 12.2. The summed E-state index contributed by atoms with van der Waals surface area (Å²) in [5.41, 5.74) is 0. The maximum Gasteiger partial charge on any atom is 0.169 e. The molecule has 0 saturated carbocycles. The van der Waals surface area contributed by atoms with E-state index in [0.29, 0.717) is 17.0 Å². The molecule has 0 aliphatic rings. The molecule has 1 rings (SSSR count). The molecule has 102 valence electrons. The number of halogens is 3. The number of hydrogen-bond donors (Lipinski definition) is 1. The molecule has 0 aliphatic carbocycles. The van der Waals surface area contributed by atoms with Gasteiger partial charge in [-0.2, -0.15) is 0 Å². The van der Waals surface area contributed by atoms with Crippen molar-refractivity contribution in [2.24, 2.45) is 5.92 Å². The average molecular weight is 322 g/mol. The number of rotatable bonds is 7. The van der Waals surface area contributed by atoms with Gasteiger partial charge in [0.1, 0.15) is 5.82 Å². The van der Waals surface area contributed by atoms with Crippen molar-refractivity contribution in [2.45, 2.75) is 20.3 Å².